The van der Waals surface area contributed by atoms with Gasteiger partial charge in [0.25, 0.3) is 5.91 Å². The SMILES string of the molecule is CCCCOCCOCCNC(=NCc1ccc(C(N)=O)o1)NCC. The number of carbonyl (C=O) groups is 1. The van der Waals surface area contributed by atoms with Gasteiger partial charge in [-0.15, -0.1) is 0 Å². The zero-order chi connectivity index (χ0) is 18.3. The van der Waals surface area contributed by atoms with Gasteiger partial charge in [0.2, 0.25) is 0 Å². The van der Waals surface area contributed by atoms with E-state index in [1.165, 1.54) is 0 Å². The number of nitrogens with one attached hydrogen (secondary N) is 2. The van der Waals surface area contributed by atoms with E-state index >= 15 is 0 Å². The fourth-order valence-corrected chi connectivity index (χ4v) is 1.90. The van der Waals surface area contributed by atoms with Gasteiger partial charge in [-0.1, -0.05) is 13.3 Å². The van der Waals surface area contributed by atoms with Crippen LogP contribution in [0.5, 0.6) is 0 Å². The number of amides is 1. The molecule has 0 fully saturated rings. The molecule has 142 valence electrons. The molecule has 1 heterocycles. The highest BCUT2D eigenvalue weighted by atomic mass is 16.5. The van der Waals surface area contributed by atoms with Crippen LogP contribution in [0.4, 0.5) is 0 Å². The van der Waals surface area contributed by atoms with Gasteiger partial charge in [-0.05, 0) is 25.5 Å². The van der Waals surface area contributed by atoms with Crippen LogP contribution < -0.4 is 16.4 Å². The number of primary amides is 1. The fraction of sp³-hybridized carbons (Fsp3) is 0.647. The van der Waals surface area contributed by atoms with E-state index in [0.717, 1.165) is 26.0 Å². The molecule has 0 spiro atoms. The van der Waals surface area contributed by atoms with Gasteiger partial charge in [0.15, 0.2) is 11.7 Å². The summed E-state index contributed by atoms with van der Waals surface area (Å²) in [4.78, 5) is 15.4. The van der Waals surface area contributed by atoms with Gasteiger partial charge in [-0.3, -0.25) is 4.79 Å². The highest BCUT2D eigenvalue weighted by Gasteiger charge is 2.06. The van der Waals surface area contributed by atoms with Gasteiger partial charge in [-0.2, -0.15) is 0 Å². The second kappa shape index (κ2) is 13.3. The van der Waals surface area contributed by atoms with Gasteiger partial charge in [0.05, 0.1) is 19.8 Å². The summed E-state index contributed by atoms with van der Waals surface area (Å²) >= 11 is 0. The molecule has 0 radical (unpaired) electrons. The molecule has 1 rings (SSSR count). The van der Waals surface area contributed by atoms with Crippen molar-refractivity contribution in [2.45, 2.75) is 33.2 Å². The van der Waals surface area contributed by atoms with Crippen molar-refractivity contribution in [2.24, 2.45) is 10.7 Å². The number of nitrogens with two attached hydrogens (primary N) is 1. The van der Waals surface area contributed by atoms with E-state index in [4.69, 9.17) is 19.6 Å². The predicted octanol–water partition coefficient (Wildman–Crippen LogP) is 1.27. The van der Waals surface area contributed by atoms with Crippen LogP contribution >= 0.6 is 0 Å². The van der Waals surface area contributed by atoms with E-state index < -0.39 is 5.91 Å². The average molecular weight is 354 g/mol. The van der Waals surface area contributed by atoms with E-state index in [0.29, 0.717) is 44.6 Å². The first-order chi connectivity index (χ1) is 12.2. The summed E-state index contributed by atoms with van der Waals surface area (Å²) < 4.78 is 16.2. The number of rotatable bonds is 13. The smallest absolute Gasteiger partial charge is 0.284 e. The minimum Gasteiger partial charge on any atom is -0.454 e. The summed E-state index contributed by atoms with van der Waals surface area (Å²) in [6, 6.07) is 3.23. The summed E-state index contributed by atoms with van der Waals surface area (Å²) in [5, 5.41) is 6.30. The molecular formula is C17H30N4O4. The van der Waals surface area contributed by atoms with E-state index in [2.05, 4.69) is 22.5 Å². The number of carbonyl (C=O) groups excluding carboxylic acids is 1. The lowest BCUT2D eigenvalue weighted by Crippen LogP contribution is -2.39. The minimum atomic E-state index is -0.587. The summed E-state index contributed by atoms with van der Waals surface area (Å²) in [7, 11) is 0. The quantitative estimate of drug-likeness (QED) is 0.279. The number of hydrogen-bond donors (Lipinski definition) is 3. The molecule has 0 aliphatic rings. The Morgan fingerprint density at radius 2 is 1.92 bits per heavy atom. The Morgan fingerprint density at radius 3 is 2.56 bits per heavy atom. The van der Waals surface area contributed by atoms with E-state index in [-0.39, 0.29) is 5.76 Å². The molecule has 0 atom stereocenters. The van der Waals surface area contributed by atoms with Crippen molar-refractivity contribution in [3.8, 4) is 0 Å². The molecule has 0 saturated carbocycles. The molecule has 0 saturated heterocycles. The normalized spacial score (nSPS) is 11.5. The van der Waals surface area contributed by atoms with Crippen LogP contribution in [0.15, 0.2) is 21.5 Å². The molecule has 0 aliphatic carbocycles. The molecule has 1 aromatic rings. The number of unbranched alkanes of at least 4 members (excludes halogenated alkanes) is 1. The van der Waals surface area contributed by atoms with Crippen molar-refractivity contribution in [1.82, 2.24) is 10.6 Å². The van der Waals surface area contributed by atoms with Crippen LogP contribution in [0.3, 0.4) is 0 Å². The Balaban J connectivity index is 2.23. The minimum absolute atomic E-state index is 0.137. The monoisotopic (exact) mass is 354 g/mol. The lowest BCUT2D eigenvalue weighted by molar-refractivity contribution is 0.0487. The average Bonchev–Trinajstić information content (AvgIpc) is 3.07. The van der Waals surface area contributed by atoms with E-state index in [9.17, 15) is 4.79 Å². The summed E-state index contributed by atoms with van der Waals surface area (Å²) in [6.07, 6.45) is 2.22. The highest BCUT2D eigenvalue weighted by molar-refractivity contribution is 5.89. The van der Waals surface area contributed by atoms with Gasteiger partial charge < -0.3 is 30.3 Å². The van der Waals surface area contributed by atoms with Gasteiger partial charge in [-0.25, -0.2) is 4.99 Å². The molecule has 25 heavy (non-hydrogen) atoms. The topological polar surface area (TPSA) is 111 Å². The molecule has 0 unspecified atom stereocenters. The number of nitrogens with zero attached hydrogens (tertiary/aromatic N) is 1. The van der Waals surface area contributed by atoms with Crippen molar-refractivity contribution in [3.05, 3.63) is 23.7 Å². The Labute approximate surface area is 149 Å². The van der Waals surface area contributed by atoms with Crippen LogP contribution in [0.1, 0.15) is 43.0 Å². The van der Waals surface area contributed by atoms with Crippen LogP contribution in [-0.4, -0.2) is 51.4 Å². The number of aliphatic imine (C=N–C) groups is 1. The second-order valence-corrected chi connectivity index (χ2v) is 5.33. The standard InChI is InChI=1S/C17H30N4O4/c1-3-5-9-23-11-12-24-10-8-20-17(19-4-2)21-13-14-6-7-15(25-14)16(18)22/h6-7H,3-5,8-13H2,1-2H3,(H2,18,22)(H2,19,20,21). The third kappa shape index (κ3) is 9.73. The number of guanidine groups is 1. The maximum atomic E-state index is 11.0. The Bertz CT molecular complexity index is 517. The lowest BCUT2D eigenvalue weighted by Gasteiger charge is -2.11. The first kappa shape index (κ1) is 21.0. The maximum absolute atomic E-state index is 11.0. The zero-order valence-corrected chi connectivity index (χ0v) is 15.2. The van der Waals surface area contributed by atoms with Crippen LogP contribution in [0.25, 0.3) is 0 Å². The fourth-order valence-electron chi connectivity index (χ4n) is 1.90. The number of hydrogen-bond acceptors (Lipinski definition) is 5. The van der Waals surface area contributed by atoms with Gasteiger partial charge >= 0.3 is 0 Å². The van der Waals surface area contributed by atoms with Gasteiger partial charge in [0.1, 0.15) is 12.3 Å². The largest absolute Gasteiger partial charge is 0.454 e. The number of ether oxygens (including phenoxy) is 2. The van der Waals surface area contributed by atoms with Crippen molar-refractivity contribution in [3.63, 3.8) is 0 Å². The third-order valence-electron chi connectivity index (χ3n) is 3.19. The van der Waals surface area contributed by atoms with Crippen LogP contribution in [-0.2, 0) is 16.0 Å². The molecule has 0 aromatic carbocycles. The molecule has 0 bridgehead atoms. The van der Waals surface area contributed by atoms with Gasteiger partial charge in [0, 0.05) is 19.7 Å². The van der Waals surface area contributed by atoms with E-state index in [1.807, 2.05) is 6.92 Å². The number of furan rings is 1. The van der Waals surface area contributed by atoms with Crippen LogP contribution in [0.2, 0.25) is 0 Å². The molecule has 4 N–H and O–H groups in total. The van der Waals surface area contributed by atoms with Crippen LogP contribution in [0, 0.1) is 0 Å². The molecule has 1 aromatic heterocycles. The van der Waals surface area contributed by atoms with Crippen molar-refractivity contribution >= 4 is 11.9 Å². The lowest BCUT2D eigenvalue weighted by atomic mass is 10.4. The van der Waals surface area contributed by atoms with Crippen molar-refractivity contribution in [2.75, 3.05) is 39.5 Å². The highest BCUT2D eigenvalue weighted by Crippen LogP contribution is 2.08. The molecule has 8 nitrogen and oxygen atoms in total. The van der Waals surface area contributed by atoms with E-state index in [1.54, 1.807) is 12.1 Å². The zero-order valence-electron chi connectivity index (χ0n) is 15.2. The summed E-state index contributed by atoms with van der Waals surface area (Å²) in [6.45, 7) is 8.36. The molecule has 1 amide bonds. The molecular weight excluding hydrogens is 324 g/mol. The summed E-state index contributed by atoms with van der Waals surface area (Å²) in [5.41, 5.74) is 5.15. The Kier molecular flexibility index (Phi) is 11.1. The Hall–Kier alpha value is -2.06. The summed E-state index contributed by atoms with van der Waals surface area (Å²) in [5.74, 6) is 0.780. The molecule has 8 heteroatoms. The second-order valence-electron chi connectivity index (χ2n) is 5.33. The first-order valence-electron chi connectivity index (χ1n) is 8.73. The van der Waals surface area contributed by atoms with Crippen molar-refractivity contribution < 1.29 is 18.7 Å². The predicted molar refractivity (Wildman–Crippen MR) is 96.6 cm³/mol. The molecule has 0 aliphatic heterocycles. The first-order valence-corrected chi connectivity index (χ1v) is 8.73. The van der Waals surface area contributed by atoms with Crippen molar-refractivity contribution in [1.29, 1.82) is 0 Å². The maximum Gasteiger partial charge on any atom is 0.284 e. The Morgan fingerprint density at radius 1 is 1.16 bits per heavy atom. The third-order valence-corrected chi connectivity index (χ3v) is 3.19.